The lowest BCUT2D eigenvalue weighted by Crippen LogP contribution is -2.35. The molecule has 0 radical (unpaired) electrons. The molecule has 0 spiro atoms. The van der Waals surface area contributed by atoms with E-state index in [-0.39, 0.29) is 18.1 Å². The minimum Gasteiger partial charge on any atom is -0.477 e. The van der Waals surface area contributed by atoms with Crippen LogP contribution in [0.4, 0.5) is 0 Å². The number of likely N-dealkylation sites (tertiary alicyclic amines) is 1. The minimum atomic E-state index is -0.897. The van der Waals surface area contributed by atoms with Gasteiger partial charge < -0.3 is 15.1 Å². The van der Waals surface area contributed by atoms with Crippen LogP contribution in [0.15, 0.2) is 16.3 Å². The van der Waals surface area contributed by atoms with Gasteiger partial charge in [0.1, 0.15) is 4.88 Å². The molecule has 1 aliphatic heterocycles. The molecule has 1 saturated heterocycles. The largest absolute Gasteiger partial charge is 0.477 e. The first kappa shape index (κ1) is 18.3. The van der Waals surface area contributed by atoms with Crippen LogP contribution in [0.2, 0.25) is 0 Å². The molecular formula is C16H23NO4S2. The summed E-state index contributed by atoms with van der Waals surface area (Å²) in [4.78, 5) is 25.2. The fourth-order valence-corrected chi connectivity index (χ4v) is 4.73. The van der Waals surface area contributed by atoms with Crippen molar-refractivity contribution in [1.29, 1.82) is 0 Å². The Hall–Kier alpha value is -1.05. The maximum atomic E-state index is 12.0. The smallest absolute Gasteiger partial charge is 0.345 e. The van der Waals surface area contributed by atoms with Gasteiger partial charge in [-0.2, -0.15) is 0 Å². The number of hydrogen-bond acceptors (Lipinski definition) is 5. The minimum absolute atomic E-state index is 0.194. The molecule has 5 nitrogen and oxygen atoms in total. The van der Waals surface area contributed by atoms with Crippen molar-refractivity contribution >= 4 is 35.0 Å². The van der Waals surface area contributed by atoms with Crippen LogP contribution in [0.1, 0.15) is 48.7 Å². The van der Waals surface area contributed by atoms with Gasteiger partial charge in [0.15, 0.2) is 0 Å². The molecule has 0 aromatic carbocycles. The number of nitrogens with zero attached hydrogens (tertiary/aromatic N) is 1. The van der Waals surface area contributed by atoms with Gasteiger partial charge >= 0.3 is 5.97 Å². The monoisotopic (exact) mass is 357 g/mol. The summed E-state index contributed by atoms with van der Waals surface area (Å²) < 4.78 is 0.965. The second-order valence-corrected chi connectivity index (χ2v) is 8.17. The summed E-state index contributed by atoms with van der Waals surface area (Å²) in [5.41, 5.74) is 0. The van der Waals surface area contributed by atoms with Crippen LogP contribution in [0, 0.1) is 0 Å². The summed E-state index contributed by atoms with van der Waals surface area (Å²) in [6.07, 6.45) is 3.55. The zero-order valence-electron chi connectivity index (χ0n) is 13.2. The second-order valence-electron chi connectivity index (χ2n) is 5.69. The maximum absolute atomic E-state index is 12.0. The molecule has 7 heteroatoms. The molecule has 1 aliphatic rings. The Kier molecular flexibility index (Phi) is 6.92. The number of thioether (sulfide) groups is 1. The van der Waals surface area contributed by atoms with E-state index in [0.29, 0.717) is 17.8 Å². The van der Waals surface area contributed by atoms with Crippen molar-refractivity contribution in [1.82, 2.24) is 4.90 Å². The summed E-state index contributed by atoms with van der Waals surface area (Å²) in [5, 5.41) is 18.6. The number of carbonyl (C=O) groups excluding carboxylic acids is 1. The molecule has 0 bridgehead atoms. The number of carbonyl (C=O) groups is 2. The van der Waals surface area contributed by atoms with E-state index in [2.05, 4.69) is 0 Å². The van der Waals surface area contributed by atoms with Crippen LogP contribution >= 0.6 is 23.1 Å². The fourth-order valence-electron chi connectivity index (χ4n) is 2.75. The van der Waals surface area contributed by atoms with Crippen molar-refractivity contribution in [2.75, 3.05) is 12.3 Å². The first-order valence-electron chi connectivity index (χ1n) is 7.94. The van der Waals surface area contributed by atoms with Gasteiger partial charge in [0.25, 0.3) is 0 Å². The Morgan fingerprint density at radius 3 is 2.96 bits per heavy atom. The summed E-state index contributed by atoms with van der Waals surface area (Å²) in [7, 11) is 0. The van der Waals surface area contributed by atoms with E-state index in [0.717, 1.165) is 35.6 Å². The van der Waals surface area contributed by atoms with Crippen LogP contribution in [-0.4, -0.2) is 51.4 Å². The first-order valence-corrected chi connectivity index (χ1v) is 9.75. The van der Waals surface area contributed by atoms with Crippen LogP contribution in [0.25, 0.3) is 0 Å². The Labute approximate surface area is 144 Å². The molecule has 0 aliphatic carbocycles. The van der Waals surface area contributed by atoms with Crippen LogP contribution in [0.3, 0.4) is 0 Å². The van der Waals surface area contributed by atoms with E-state index in [4.69, 9.17) is 5.11 Å². The fraction of sp³-hybridized carbons (Fsp3) is 0.625. The van der Waals surface area contributed by atoms with Crippen LogP contribution in [0.5, 0.6) is 0 Å². The SMILES string of the molecule is CC[C@H](O)CC[C@H]1CCC(=O)N1CCSc1ccc(C(=O)O)s1. The standard InChI is InChI=1S/C16H23NO4S2/c1-2-12(18)5-3-11-4-7-14(19)17(11)9-10-22-15-8-6-13(23-15)16(20)21/h6,8,11-12,18H,2-5,7,9-10H2,1H3,(H,20,21)/t11-,12-/m0/s1. The lowest BCUT2D eigenvalue weighted by Gasteiger charge is -2.25. The molecule has 1 amide bonds. The Morgan fingerprint density at radius 1 is 1.52 bits per heavy atom. The molecule has 0 saturated carbocycles. The second kappa shape index (κ2) is 8.70. The quantitative estimate of drug-likeness (QED) is 0.664. The summed E-state index contributed by atoms with van der Waals surface area (Å²) in [6.45, 7) is 2.64. The van der Waals surface area contributed by atoms with E-state index in [9.17, 15) is 14.7 Å². The number of aromatic carboxylic acids is 1. The van der Waals surface area contributed by atoms with Gasteiger partial charge in [0.05, 0.1) is 10.3 Å². The highest BCUT2D eigenvalue weighted by Crippen LogP contribution is 2.29. The predicted molar refractivity (Wildman–Crippen MR) is 92.3 cm³/mol. The van der Waals surface area contributed by atoms with Gasteiger partial charge in [-0.15, -0.1) is 23.1 Å². The number of hydrogen-bond donors (Lipinski definition) is 2. The summed E-state index contributed by atoms with van der Waals surface area (Å²) >= 11 is 2.86. The number of amides is 1. The maximum Gasteiger partial charge on any atom is 0.345 e. The van der Waals surface area contributed by atoms with Crippen LogP contribution in [-0.2, 0) is 4.79 Å². The Bertz CT molecular complexity index is 546. The zero-order chi connectivity index (χ0) is 16.8. The zero-order valence-corrected chi connectivity index (χ0v) is 14.9. The van der Waals surface area contributed by atoms with E-state index in [1.54, 1.807) is 17.8 Å². The lowest BCUT2D eigenvalue weighted by molar-refractivity contribution is -0.128. The molecule has 23 heavy (non-hydrogen) atoms. The van der Waals surface area contributed by atoms with Crippen molar-refractivity contribution in [3.8, 4) is 0 Å². The number of carboxylic acid groups (broad SMARTS) is 1. The molecule has 2 rings (SSSR count). The summed E-state index contributed by atoms with van der Waals surface area (Å²) in [6, 6.07) is 3.67. The number of thiophene rings is 1. The molecule has 1 fully saturated rings. The Morgan fingerprint density at radius 2 is 2.30 bits per heavy atom. The molecule has 1 aromatic heterocycles. The van der Waals surface area contributed by atoms with E-state index in [1.807, 2.05) is 17.9 Å². The van der Waals surface area contributed by atoms with E-state index >= 15 is 0 Å². The highest BCUT2D eigenvalue weighted by Gasteiger charge is 2.30. The summed E-state index contributed by atoms with van der Waals surface area (Å²) in [5.74, 6) is 0.0584. The van der Waals surface area contributed by atoms with Gasteiger partial charge in [-0.25, -0.2) is 4.79 Å². The number of rotatable bonds is 9. The van der Waals surface area contributed by atoms with Crippen molar-refractivity contribution in [3.63, 3.8) is 0 Å². The van der Waals surface area contributed by atoms with Gasteiger partial charge in [-0.05, 0) is 37.8 Å². The highest BCUT2D eigenvalue weighted by molar-refractivity contribution is 8.01. The molecule has 1 aromatic rings. The number of aliphatic hydroxyl groups excluding tert-OH is 1. The first-order chi connectivity index (χ1) is 11.0. The predicted octanol–water partition coefficient (Wildman–Crippen LogP) is 3.08. The lowest BCUT2D eigenvalue weighted by atomic mass is 10.0. The number of aliphatic hydroxyl groups is 1. The van der Waals surface area contributed by atoms with E-state index in [1.165, 1.54) is 11.3 Å². The average molecular weight is 357 g/mol. The molecule has 2 atom stereocenters. The molecule has 128 valence electrons. The van der Waals surface area contributed by atoms with Gasteiger partial charge in [0.2, 0.25) is 5.91 Å². The third-order valence-corrected chi connectivity index (χ3v) is 6.40. The molecule has 2 heterocycles. The Balaban J connectivity index is 1.79. The van der Waals surface area contributed by atoms with Gasteiger partial charge in [0, 0.05) is 24.8 Å². The number of carboxylic acids is 1. The van der Waals surface area contributed by atoms with Crippen molar-refractivity contribution < 1.29 is 19.8 Å². The van der Waals surface area contributed by atoms with Gasteiger partial charge in [-0.3, -0.25) is 4.79 Å². The molecular weight excluding hydrogens is 334 g/mol. The average Bonchev–Trinajstić information content (AvgIpc) is 3.13. The third kappa shape index (κ3) is 5.22. The van der Waals surface area contributed by atoms with Crippen molar-refractivity contribution in [3.05, 3.63) is 17.0 Å². The van der Waals surface area contributed by atoms with E-state index < -0.39 is 5.97 Å². The normalized spacial score (nSPS) is 19.3. The van der Waals surface area contributed by atoms with Crippen LogP contribution < -0.4 is 0 Å². The third-order valence-electron chi connectivity index (χ3n) is 4.13. The molecule has 2 N–H and O–H groups in total. The highest BCUT2D eigenvalue weighted by atomic mass is 32.2. The van der Waals surface area contributed by atoms with Gasteiger partial charge in [-0.1, -0.05) is 6.92 Å². The van der Waals surface area contributed by atoms with Crippen molar-refractivity contribution in [2.24, 2.45) is 0 Å². The molecule has 0 unspecified atom stereocenters. The topological polar surface area (TPSA) is 77.8 Å². The van der Waals surface area contributed by atoms with Crippen molar-refractivity contribution in [2.45, 2.75) is 55.4 Å².